The Hall–Kier alpha value is -0.850. The smallest absolute Gasteiger partial charge is 0.0780 e. The average Bonchev–Trinajstić information content (AvgIpc) is 2.33. The third kappa shape index (κ3) is 3.83. The van der Waals surface area contributed by atoms with E-state index in [0.29, 0.717) is 18.9 Å². The van der Waals surface area contributed by atoms with Crippen molar-refractivity contribution in [3.63, 3.8) is 0 Å². The zero-order valence-corrected chi connectivity index (χ0v) is 12.6. The van der Waals surface area contributed by atoms with Crippen molar-refractivity contribution < 1.29 is 9.47 Å². The monoisotopic (exact) mass is 317 g/mol. The van der Waals surface area contributed by atoms with Crippen LogP contribution in [0.1, 0.15) is 6.92 Å². The minimum atomic E-state index is 0.200. The molecule has 0 radical (unpaired) electrons. The lowest BCUT2D eigenvalue weighted by Gasteiger charge is -2.32. The van der Waals surface area contributed by atoms with E-state index in [1.54, 1.807) is 26.6 Å². The first-order valence-electron chi connectivity index (χ1n) is 5.75. The lowest BCUT2D eigenvalue weighted by atomic mass is 10.2. The predicted octanol–water partition coefficient (Wildman–Crippen LogP) is 1.91. The van der Waals surface area contributed by atoms with Crippen molar-refractivity contribution in [1.29, 1.82) is 0 Å². The number of halogens is 1. The Morgan fingerprint density at radius 1 is 1.39 bits per heavy atom. The second-order valence-corrected chi connectivity index (χ2v) is 4.90. The minimum absolute atomic E-state index is 0.200. The molecule has 1 aromatic rings. The van der Waals surface area contributed by atoms with Crippen LogP contribution < -0.4 is 10.6 Å². The summed E-state index contributed by atoms with van der Waals surface area (Å²) in [4.78, 5) is 6.21. The molecule has 2 N–H and O–H groups in total. The first kappa shape index (κ1) is 15.2. The van der Waals surface area contributed by atoms with Gasteiger partial charge in [0.2, 0.25) is 0 Å². The predicted molar refractivity (Wildman–Crippen MR) is 76.9 cm³/mol. The van der Waals surface area contributed by atoms with Crippen molar-refractivity contribution >= 4 is 27.3 Å². The summed E-state index contributed by atoms with van der Waals surface area (Å²) in [6.45, 7) is 4.08. The fourth-order valence-electron chi connectivity index (χ4n) is 1.82. The number of ether oxygens (including phenoxy) is 2. The van der Waals surface area contributed by atoms with Gasteiger partial charge in [-0.05, 0) is 22.9 Å². The Balaban J connectivity index is 3.00. The fourth-order valence-corrected chi connectivity index (χ4v) is 2.39. The molecular formula is C12H20BrN3O2. The van der Waals surface area contributed by atoms with Crippen LogP contribution in [0.5, 0.6) is 0 Å². The molecule has 0 fully saturated rings. The SMILES string of the molecule is COCCN(c1c(N)cncc1Br)C(C)COC. The van der Waals surface area contributed by atoms with Gasteiger partial charge in [-0.2, -0.15) is 0 Å². The van der Waals surface area contributed by atoms with Crippen molar-refractivity contribution in [2.45, 2.75) is 13.0 Å². The molecule has 0 saturated heterocycles. The van der Waals surface area contributed by atoms with Gasteiger partial charge in [0.15, 0.2) is 0 Å². The summed E-state index contributed by atoms with van der Waals surface area (Å²) in [6.07, 6.45) is 3.39. The van der Waals surface area contributed by atoms with E-state index in [1.807, 2.05) is 0 Å². The maximum atomic E-state index is 6.01. The summed E-state index contributed by atoms with van der Waals surface area (Å²) < 4.78 is 11.2. The Morgan fingerprint density at radius 2 is 2.11 bits per heavy atom. The number of rotatable bonds is 7. The van der Waals surface area contributed by atoms with Gasteiger partial charge in [-0.25, -0.2) is 0 Å². The largest absolute Gasteiger partial charge is 0.396 e. The molecule has 5 nitrogen and oxygen atoms in total. The van der Waals surface area contributed by atoms with Crippen LogP contribution in [-0.2, 0) is 9.47 Å². The number of hydrogen-bond donors (Lipinski definition) is 1. The van der Waals surface area contributed by atoms with Crippen molar-refractivity contribution in [3.05, 3.63) is 16.9 Å². The molecule has 0 aliphatic rings. The number of pyridine rings is 1. The standard InChI is InChI=1S/C12H20BrN3O2/c1-9(8-18-3)16(4-5-17-2)12-10(13)6-15-7-11(12)14/h6-7,9H,4-5,8,14H2,1-3H3. The molecule has 18 heavy (non-hydrogen) atoms. The number of hydrogen-bond acceptors (Lipinski definition) is 5. The van der Waals surface area contributed by atoms with Gasteiger partial charge in [0, 0.05) is 33.0 Å². The van der Waals surface area contributed by atoms with Gasteiger partial charge in [-0.1, -0.05) is 0 Å². The molecule has 0 aromatic carbocycles. The van der Waals surface area contributed by atoms with Crippen molar-refractivity contribution in [1.82, 2.24) is 4.98 Å². The number of nitrogens with two attached hydrogens (primary N) is 1. The Morgan fingerprint density at radius 3 is 2.67 bits per heavy atom. The van der Waals surface area contributed by atoms with Crippen molar-refractivity contribution in [3.8, 4) is 0 Å². The molecule has 0 bridgehead atoms. The minimum Gasteiger partial charge on any atom is -0.396 e. The van der Waals surface area contributed by atoms with Crippen LogP contribution in [0.4, 0.5) is 11.4 Å². The van der Waals surface area contributed by atoms with Gasteiger partial charge >= 0.3 is 0 Å². The van der Waals surface area contributed by atoms with E-state index in [-0.39, 0.29) is 6.04 Å². The van der Waals surface area contributed by atoms with E-state index in [2.05, 4.69) is 32.7 Å². The van der Waals surface area contributed by atoms with Gasteiger partial charge in [0.25, 0.3) is 0 Å². The van der Waals surface area contributed by atoms with Gasteiger partial charge in [-0.15, -0.1) is 0 Å². The Labute approximate surface area is 116 Å². The topological polar surface area (TPSA) is 60.6 Å². The third-order valence-electron chi connectivity index (χ3n) is 2.66. The van der Waals surface area contributed by atoms with Crippen LogP contribution in [0.3, 0.4) is 0 Å². The zero-order valence-electron chi connectivity index (χ0n) is 11.0. The maximum absolute atomic E-state index is 6.01. The van der Waals surface area contributed by atoms with Crippen LogP contribution in [0, 0.1) is 0 Å². The van der Waals surface area contributed by atoms with Crippen LogP contribution in [0.15, 0.2) is 16.9 Å². The van der Waals surface area contributed by atoms with E-state index in [1.165, 1.54) is 0 Å². The number of nitrogen functional groups attached to an aromatic ring is 1. The second-order valence-electron chi connectivity index (χ2n) is 4.05. The summed E-state index contributed by atoms with van der Waals surface area (Å²) in [6, 6.07) is 0.200. The maximum Gasteiger partial charge on any atom is 0.0780 e. The average molecular weight is 318 g/mol. The van der Waals surface area contributed by atoms with Crippen molar-refractivity contribution in [2.75, 3.05) is 44.6 Å². The highest BCUT2D eigenvalue weighted by Gasteiger charge is 2.19. The van der Waals surface area contributed by atoms with Crippen LogP contribution in [-0.4, -0.2) is 45.0 Å². The third-order valence-corrected chi connectivity index (χ3v) is 3.24. The lowest BCUT2D eigenvalue weighted by Crippen LogP contribution is -2.39. The van der Waals surface area contributed by atoms with E-state index in [9.17, 15) is 0 Å². The van der Waals surface area contributed by atoms with Gasteiger partial charge < -0.3 is 20.1 Å². The van der Waals surface area contributed by atoms with E-state index in [4.69, 9.17) is 15.2 Å². The molecule has 1 atom stereocenters. The molecule has 0 amide bonds. The number of aromatic nitrogens is 1. The number of nitrogens with zero attached hydrogens (tertiary/aromatic N) is 2. The fraction of sp³-hybridized carbons (Fsp3) is 0.583. The first-order valence-corrected chi connectivity index (χ1v) is 6.54. The van der Waals surface area contributed by atoms with Crippen LogP contribution in [0.25, 0.3) is 0 Å². The Bertz CT molecular complexity index is 356. The molecule has 0 saturated carbocycles. The molecule has 1 aromatic heterocycles. The normalized spacial score (nSPS) is 12.4. The second kappa shape index (κ2) is 7.56. The van der Waals surface area contributed by atoms with E-state index >= 15 is 0 Å². The number of methoxy groups -OCH3 is 2. The summed E-state index contributed by atoms with van der Waals surface area (Å²) in [5, 5.41) is 0. The summed E-state index contributed by atoms with van der Waals surface area (Å²) in [5.41, 5.74) is 7.59. The summed E-state index contributed by atoms with van der Waals surface area (Å²) >= 11 is 3.49. The summed E-state index contributed by atoms with van der Waals surface area (Å²) in [5.74, 6) is 0. The molecule has 0 spiro atoms. The van der Waals surface area contributed by atoms with Gasteiger partial charge in [0.1, 0.15) is 0 Å². The molecule has 0 aliphatic carbocycles. The highest BCUT2D eigenvalue weighted by atomic mass is 79.9. The molecular weight excluding hydrogens is 298 g/mol. The lowest BCUT2D eigenvalue weighted by molar-refractivity contribution is 0.171. The molecule has 0 aliphatic heterocycles. The highest BCUT2D eigenvalue weighted by molar-refractivity contribution is 9.10. The molecule has 6 heteroatoms. The van der Waals surface area contributed by atoms with Gasteiger partial charge in [-0.3, -0.25) is 4.98 Å². The molecule has 1 unspecified atom stereocenters. The zero-order chi connectivity index (χ0) is 13.5. The Kier molecular flexibility index (Phi) is 6.38. The van der Waals surface area contributed by atoms with E-state index < -0.39 is 0 Å². The van der Waals surface area contributed by atoms with E-state index in [0.717, 1.165) is 16.7 Å². The quantitative estimate of drug-likeness (QED) is 0.832. The molecule has 1 heterocycles. The first-order chi connectivity index (χ1) is 8.61. The summed E-state index contributed by atoms with van der Waals surface area (Å²) in [7, 11) is 3.38. The van der Waals surface area contributed by atoms with Crippen LogP contribution >= 0.6 is 15.9 Å². The molecule has 102 valence electrons. The van der Waals surface area contributed by atoms with Crippen LogP contribution in [0.2, 0.25) is 0 Å². The highest BCUT2D eigenvalue weighted by Crippen LogP contribution is 2.32. The van der Waals surface area contributed by atoms with Gasteiger partial charge in [0.05, 0.1) is 35.3 Å². The number of anilines is 2. The molecule has 1 rings (SSSR count). The van der Waals surface area contributed by atoms with Crippen molar-refractivity contribution in [2.24, 2.45) is 0 Å².